The van der Waals surface area contributed by atoms with Gasteiger partial charge in [0.1, 0.15) is 6.61 Å². The number of hydrogen-bond acceptors (Lipinski definition) is 5. The predicted molar refractivity (Wildman–Crippen MR) is 104 cm³/mol. The topological polar surface area (TPSA) is 78.9 Å². The summed E-state index contributed by atoms with van der Waals surface area (Å²) in [4.78, 5) is 18.6. The molecule has 1 aliphatic heterocycles. The van der Waals surface area contributed by atoms with Crippen LogP contribution in [-0.4, -0.2) is 42.3 Å². The molecule has 132 valence electrons. The predicted octanol–water partition coefficient (Wildman–Crippen LogP) is 2.74. The van der Waals surface area contributed by atoms with Gasteiger partial charge in [0.2, 0.25) is 5.91 Å². The molecule has 0 saturated heterocycles. The molecule has 1 aromatic heterocycles. The zero-order valence-electron chi connectivity index (χ0n) is 14.2. The fourth-order valence-electron chi connectivity index (χ4n) is 3.16. The van der Waals surface area contributed by atoms with Gasteiger partial charge in [0.25, 0.3) is 0 Å². The summed E-state index contributed by atoms with van der Waals surface area (Å²) in [5.41, 5.74) is 10.1. The van der Waals surface area contributed by atoms with E-state index in [-0.39, 0.29) is 5.91 Å². The van der Waals surface area contributed by atoms with E-state index >= 15 is 0 Å². The first-order valence-corrected chi connectivity index (χ1v) is 9.17. The third kappa shape index (κ3) is 3.17. The van der Waals surface area contributed by atoms with Crippen LogP contribution in [-0.2, 0) is 17.8 Å². The maximum atomic E-state index is 11.8. The van der Waals surface area contributed by atoms with Gasteiger partial charge in [-0.15, -0.1) is 11.3 Å². The molecule has 25 heavy (non-hydrogen) atoms. The van der Waals surface area contributed by atoms with Crippen molar-refractivity contribution in [3.8, 4) is 0 Å². The number of aliphatic imine (C=N–C) groups is 1. The molecule has 1 amide bonds. The molecule has 2 aromatic rings. The molecule has 2 heterocycles. The van der Waals surface area contributed by atoms with Crippen LogP contribution in [0.3, 0.4) is 0 Å². The number of aryl methyl sites for hydroxylation is 1. The Kier molecular flexibility index (Phi) is 5.13. The molecule has 0 radical (unpaired) electrons. The maximum Gasteiger partial charge on any atom is 0.248 e. The number of aliphatic hydroxyl groups excluding tert-OH is 1. The van der Waals surface area contributed by atoms with Gasteiger partial charge in [-0.2, -0.15) is 0 Å². The Morgan fingerprint density at radius 2 is 2.32 bits per heavy atom. The lowest BCUT2D eigenvalue weighted by Crippen LogP contribution is -2.37. The van der Waals surface area contributed by atoms with Crippen molar-refractivity contribution in [1.29, 1.82) is 0 Å². The first-order chi connectivity index (χ1) is 12.0. The minimum Gasteiger partial charge on any atom is -0.398 e. The minimum absolute atomic E-state index is 0.246. The molecule has 1 aliphatic rings. The van der Waals surface area contributed by atoms with Gasteiger partial charge in [-0.25, -0.2) is 0 Å². The summed E-state index contributed by atoms with van der Waals surface area (Å²) < 4.78 is 1.00. The molecule has 0 fully saturated rings. The zero-order valence-corrected chi connectivity index (χ0v) is 15.7. The summed E-state index contributed by atoms with van der Waals surface area (Å²) in [7, 11) is 1.70. The normalized spacial score (nSPS) is 15.2. The SMILES string of the molecule is CN=CC=C(N)c1cc(C)c(Cl)c2sc3c(c12)CCN(C(=O)CO)C3. The summed E-state index contributed by atoms with van der Waals surface area (Å²) in [6.07, 6.45) is 4.19. The Balaban J connectivity index is 2.19. The number of allylic oxidation sites excluding steroid dienone is 1. The van der Waals surface area contributed by atoms with E-state index in [4.69, 9.17) is 22.4 Å². The first kappa shape index (κ1) is 17.9. The van der Waals surface area contributed by atoms with E-state index in [9.17, 15) is 4.79 Å². The number of carbonyl (C=O) groups is 1. The van der Waals surface area contributed by atoms with Crippen molar-refractivity contribution in [2.75, 3.05) is 20.2 Å². The van der Waals surface area contributed by atoms with Crippen LogP contribution >= 0.6 is 22.9 Å². The molecule has 7 heteroatoms. The highest BCUT2D eigenvalue weighted by atomic mass is 35.5. The highest BCUT2D eigenvalue weighted by Gasteiger charge is 2.26. The molecule has 0 aliphatic carbocycles. The summed E-state index contributed by atoms with van der Waals surface area (Å²) in [6.45, 7) is 2.59. The Hall–Kier alpha value is -1.89. The number of hydrogen-bond donors (Lipinski definition) is 2. The van der Waals surface area contributed by atoms with Gasteiger partial charge in [0.05, 0.1) is 16.3 Å². The molecular weight excluding hydrogens is 358 g/mol. The van der Waals surface area contributed by atoms with Gasteiger partial charge in [-0.05, 0) is 36.6 Å². The lowest BCUT2D eigenvalue weighted by Gasteiger charge is -2.26. The van der Waals surface area contributed by atoms with Gasteiger partial charge >= 0.3 is 0 Å². The Labute approximate surface area is 155 Å². The van der Waals surface area contributed by atoms with E-state index < -0.39 is 6.61 Å². The summed E-state index contributed by atoms with van der Waals surface area (Å²) >= 11 is 8.16. The van der Waals surface area contributed by atoms with Crippen molar-refractivity contribution in [3.05, 3.63) is 38.7 Å². The van der Waals surface area contributed by atoms with E-state index in [0.29, 0.717) is 18.8 Å². The minimum atomic E-state index is -0.461. The molecule has 0 saturated carbocycles. The average Bonchev–Trinajstić information content (AvgIpc) is 3.00. The number of thiophene rings is 1. The van der Waals surface area contributed by atoms with Gasteiger partial charge in [0, 0.05) is 41.3 Å². The van der Waals surface area contributed by atoms with E-state index in [1.807, 2.05) is 13.0 Å². The molecule has 3 rings (SSSR count). The van der Waals surface area contributed by atoms with Crippen LogP contribution < -0.4 is 5.73 Å². The highest BCUT2D eigenvalue weighted by molar-refractivity contribution is 7.20. The number of nitrogens with two attached hydrogens (primary N) is 1. The van der Waals surface area contributed by atoms with Crippen LogP contribution in [0.15, 0.2) is 17.1 Å². The van der Waals surface area contributed by atoms with Crippen molar-refractivity contribution >= 4 is 50.8 Å². The van der Waals surface area contributed by atoms with Gasteiger partial charge < -0.3 is 15.7 Å². The van der Waals surface area contributed by atoms with Gasteiger partial charge in [-0.1, -0.05) is 11.6 Å². The number of amides is 1. The number of aliphatic hydroxyl groups is 1. The van der Waals surface area contributed by atoms with E-state index in [1.165, 1.54) is 5.56 Å². The van der Waals surface area contributed by atoms with E-state index in [0.717, 1.165) is 37.5 Å². The molecule has 0 unspecified atom stereocenters. The number of fused-ring (bicyclic) bond motifs is 3. The number of rotatable bonds is 3. The highest BCUT2D eigenvalue weighted by Crippen LogP contribution is 2.43. The molecule has 1 aromatic carbocycles. The van der Waals surface area contributed by atoms with Crippen LogP contribution in [0, 0.1) is 6.92 Å². The smallest absolute Gasteiger partial charge is 0.248 e. The lowest BCUT2D eigenvalue weighted by atomic mass is 9.96. The molecule has 5 nitrogen and oxygen atoms in total. The van der Waals surface area contributed by atoms with Gasteiger partial charge in [-0.3, -0.25) is 9.79 Å². The Bertz CT molecular complexity index is 902. The standard InChI is InChI=1S/C18H20ClN3O2S/c1-10-7-12(13(20)3-5-21-2)16-11-4-6-22(15(24)9-23)8-14(11)25-18(16)17(10)19/h3,5,7,23H,4,6,8-9,20H2,1-2H3. The molecule has 0 atom stereocenters. The second-order valence-corrected chi connectivity index (χ2v) is 7.50. The Morgan fingerprint density at radius 3 is 3.00 bits per heavy atom. The van der Waals surface area contributed by atoms with Crippen molar-refractivity contribution in [2.24, 2.45) is 10.7 Å². The summed E-state index contributed by atoms with van der Waals surface area (Å²) in [6, 6.07) is 2.01. The summed E-state index contributed by atoms with van der Waals surface area (Å²) in [5.74, 6) is -0.246. The fraction of sp³-hybridized carbons (Fsp3) is 0.333. The number of nitrogens with zero attached hydrogens (tertiary/aromatic N) is 2. The lowest BCUT2D eigenvalue weighted by molar-refractivity contribution is -0.135. The van der Waals surface area contributed by atoms with Crippen LogP contribution in [0.4, 0.5) is 0 Å². The second-order valence-electron chi connectivity index (χ2n) is 6.02. The number of carbonyl (C=O) groups excluding carboxylic acids is 1. The third-order valence-corrected chi connectivity index (χ3v) is 6.27. The fourth-order valence-corrected chi connectivity index (χ4v) is 4.80. The van der Waals surface area contributed by atoms with E-state index in [1.54, 1.807) is 35.6 Å². The quantitative estimate of drug-likeness (QED) is 0.807. The summed E-state index contributed by atoms with van der Waals surface area (Å²) in [5, 5.41) is 10.9. The van der Waals surface area contributed by atoms with E-state index in [2.05, 4.69) is 4.99 Å². The second kappa shape index (κ2) is 7.15. The van der Waals surface area contributed by atoms with Crippen LogP contribution in [0.5, 0.6) is 0 Å². The molecule has 0 spiro atoms. The molecule has 0 bridgehead atoms. The Morgan fingerprint density at radius 1 is 1.56 bits per heavy atom. The maximum absolute atomic E-state index is 11.8. The van der Waals surface area contributed by atoms with Crippen LogP contribution in [0.1, 0.15) is 21.6 Å². The first-order valence-electron chi connectivity index (χ1n) is 7.98. The van der Waals surface area contributed by atoms with Gasteiger partial charge in [0.15, 0.2) is 0 Å². The number of halogens is 1. The monoisotopic (exact) mass is 377 g/mol. The molecular formula is C18H20ClN3O2S. The van der Waals surface area contributed by atoms with Crippen LogP contribution in [0.25, 0.3) is 15.8 Å². The zero-order chi connectivity index (χ0) is 18.1. The van der Waals surface area contributed by atoms with Crippen molar-refractivity contribution in [3.63, 3.8) is 0 Å². The number of benzene rings is 1. The van der Waals surface area contributed by atoms with Crippen molar-refractivity contribution in [2.45, 2.75) is 19.9 Å². The van der Waals surface area contributed by atoms with Crippen molar-refractivity contribution in [1.82, 2.24) is 4.90 Å². The third-order valence-electron chi connectivity index (χ3n) is 4.43. The van der Waals surface area contributed by atoms with Crippen molar-refractivity contribution < 1.29 is 9.90 Å². The molecule has 3 N–H and O–H groups in total. The largest absolute Gasteiger partial charge is 0.398 e. The average molecular weight is 378 g/mol. The van der Waals surface area contributed by atoms with Crippen LogP contribution in [0.2, 0.25) is 5.02 Å².